The van der Waals surface area contributed by atoms with Gasteiger partial charge in [-0.2, -0.15) is 12.7 Å². The number of carbonyl (C=O) groups is 1. The second-order valence-corrected chi connectivity index (χ2v) is 7.85. The Bertz CT molecular complexity index is 413. The maximum atomic E-state index is 12.1. The Labute approximate surface area is 123 Å². The van der Waals surface area contributed by atoms with Gasteiger partial charge in [-0.1, -0.05) is 28.8 Å². The molecule has 0 aromatic carbocycles. The molecule has 1 rings (SSSR count). The Morgan fingerprint density at radius 2 is 1.95 bits per heavy atom. The second kappa shape index (κ2) is 6.90. The van der Waals surface area contributed by atoms with Crippen molar-refractivity contribution in [3.63, 3.8) is 0 Å². The van der Waals surface area contributed by atoms with Gasteiger partial charge in [-0.15, -0.1) is 0 Å². The zero-order valence-electron chi connectivity index (χ0n) is 11.4. The number of nitrogens with zero attached hydrogens (tertiary/aromatic N) is 1. The van der Waals surface area contributed by atoms with Crippen LogP contribution in [0.3, 0.4) is 0 Å². The molecular weight excluding hydrogens is 336 g/mol. The molecule has 0 heterocycles. The van der Waals surface area contributed by atoms with E-state index in [1.165, 1.54) is 11.4 Å². The number of carbonyl (C=O) groups excluding carboxylic acids is 1. The molecule has 112 valence electrons. The van der Waals surface area contributed by atoms with Crippen molar-refractivity contribution in [3.8, 4) is 0 Å². The Morgan fingerprint density at radius 3 is 2.47 bits per heavy atom. The van der Waals surface area contributed by atoms with Gasteiger partial charge in [0.2, 0.25) is 0 Å². The molecule has 0 radical (unpaired) electrons. The minimum absolute atomic E-state index is 0.115. The monoisotopic (exact) mass is 356 g/mol. The first-order valence-electron chi connectivity index (χ1n) is 6.34. The van der Waals surface area contributed by atoms with Gasteiger partial charge in [-0.25, -0.2) is 9.52 Å². The first-order valence-corrected chi connectivity index (χ1v) is 8.70. The van der Waals surface area contributed by atoms with Gasteiger partial charge < -0.3 is 4.74 Å². The highest BCUT2D eigenvalue weighted by Crippen LogP contribution is 2.28. The Kier molecular flexibility index (Phi) is 6.07. The van der Waals surface area contributed by atoms with Crippen LogP contribution in [0.1, 0.15) is 39.5 Å². The number of ether oxygens (including phenoxy) is 1. The Hall–Kier alpha value is -0.340. The van der Waals surface area contributed by atoms with Crippen molar-refractivity contribution < 1.29 is 17.9 Å². The summed E-state index contributed by atoms with van der Waals surface area (Å²) in [6.07, 6.45) is 2.49. The third kappa shape index (κ3) is 4.92. The SMILES string of the molecule is CC(C)OC(=O)NS(=O)(=O)N(C)C1CCCCC1Br. The largest absolute Gasteiger partial charge is 0.446 e. The zero-order chi connectivity index (χ0) is 14.6. The standard InChI is InChI=1S/C11H21BrN2O4S/c1-8(2)18-11(15)13-19(16,17)14(3)10-7-5-4-6-9(10)12/h8-10H,4-7H2,1-3H3,(H,13,15). The van der Waals surface area contributed by atoms with E-state index in [1.54, 1.807) is 13.8 Å². The van der Waals surface area contributed by atoms with Crippen LogP contribution in [0.5, 0.6) is 0 Å². The van der Waals surface area contributed by atoms with E-state index in [1.807, 2.05) is 4.72 Å². The highest BCUT2D eigenvalue weighted by molar-refractivity contribution is 9.09. The summed E-state index contributed by atoms with van der Waals surface area (Å²) in [5.74, 6) is 0. The summed E-state index contributed by atoms with van der Waals surface area (Å²) in [6.45, 7) is 3.32. The molecule has 1 aliphatic rings. The van der Waals surface area contributed by atoms with Gasteiger partial charge in [0.25, 0.3) is 0 Å². The highest BCUT2D eigenvalue weighted by Gasteiger charge is 2.34. The number of alkyl halides is 1. The predicted molar refractivity (Wildman–Crippen MR) is 76.4 cm³/mol. The van der Waals surface area contributed by atoms with Crippen LogP contribution < -0.4 is 4.72 Å². The Morgan fingerprint density at radius 1 is 1.37 bits per heavy atom. The van der Waals surface area contributed by atoms with Crippen LogP contribution in [-0.2, 0) is 14.9 Å². The van der Waals surface area contributed by atoms with Gasteiger partial charge in [0, 0.05) is 17.9 Å². The van der Waals surface area contributed by atoms with Crippen molar-refractivity contribution in [1.82, 2.24) is 9.03 Å². The summed E-state index contributed by atoms with van der Waals surface area (Å²) in [4.78, 5) is 11.5. The average Bonchev–Trinajstić information content (AvgIpc) is 2.26. The van der Waals surface area contributed by atoms with Crippen molar-refractivity contribution in [1.29, 1.82) is 0 Å². The Balaban J connectivity index is 2.68. The molecule has 0 saturated heterocycles. The van der Waals surface area contributed by atoms with E-state index in [2.05, 4.69) is 15.9 Å². The van der Waals surface area contributed by atoms with Gasteiger partial charge in [0.15, 0.2) is 0 Å². The molecule has 1 saturated carbocycles. The fourth-order valence-corrected chi connectivity index (χ4v) is 4.18. The summed E-state index contributed by atoms with van der Waals surface area (Å²) in [5.41, 5.74) is 0. The van der Waals surface area contributed by atoms with Crippen molar-refractivity contribution in [3.05, 3.63) is 0 Å². The molecule has 6 nitrogen and oxygen atoms in total. The van der Waals surface area contributed by atoms with Gasteiger partial charge in [0.1, 0.15) is 0 Å². The molecule has 0 aromatic rings. The van der Waals surface area contributed by atoms with E-state index in [0.29, 0.717) is 0 Å². The van der Waals surface area contributed by atoms with Crippen LogP contribution in [0.4, 0.5) is 4.79 Å². The van der Waals surface area contributed by atoms with Crippen LogP contribution >= 0.6 is 15.9 Å². The third-order valence-corrected chi connectivity index (χ3v) is 5.57. The minimum atomic E-state index is -3.86. The lowest BCUT2D eigenvalue weighted by Crippen LogP contribution is -2.50. The topological polar surface area (TPSA) is 75.7 Å². The molecule has 2 unspecified atom stereocenters. The molecule has 1 fully saturated rings. The van der Waals surface area contributed by atoms with Crippen LogP contribution in [0.15, 0.2) is 0 Å². The highest BCUT2D eigenvalue weighted by atomic mass is 79.9. The van der Waals surface area contributed by atoms with Gasteiger partial charge >= 0.3 is 16.3 Å². The number of rotatable bonds is 4. The molecule has 8 heteroatoms. The first kappa shape index (κ1) is 16.7. The number of hydrogen-bond acceptors (Lipinski definition) is 4. The number of amides is 1. The molecule has 1 amide bonds. The van der Waals surface area contributed by atoms with Gasteiger partial charge in [-0.05, 0) is 26.7 Å². The van der Waals surface area contributed by atoms with Crippen LogP contribution in [0.2, 0.25) is 0 Å². The normalized spacial score (nSPS) is 24.5. The summed E-state index contributed by atoms with van der Waals surface area (Å²) < 4.78 is 32.0. The molecule has 0 spiro atoms. The van der Waals surface area contributed by atoms with E-state index in [9.17, 15) is 13.2 Å². The summed E-state index contributed by atoms with van der Waals surface area (Å²) in [7, 11) is -2.38. The maximum Gasteiger partial charge on any atom is 0.422 e. The van der Waals surface area contributed by atoms with Crippen molar-refractivity contribution in [2.24, 2.45) is 0 Å². The molecule has 2 atom stereocenters. The number of nitrogens with one attached hydrogen (secondary N) is 1. The fourth-order valence-electron chi connectivity index (χ4n) is 2.07. The molecule has 0 aromatic heterocycles. The molecule has 0 bridgehead atoms. The zero-order valence-corrected chi connectivity index (χ0v) is 13.8. The van der Waals surface area contributed by atoms with Crippen LogP contribution in [0, 0.1) is 0 Å². The second-order valence-electron chi connectivity index (χ2n) is 4.95. The fraction of sp³-hybridized carbons (Fsp3) is 0.909. The van der Waals surface area contributed by atoms with Gasteiger partial charge in [-0.3, -0.25) is 0 Å². The van der Waals surface area contributed by atoms with E-state index >= 15 is 0 Å². The molecule has 19 heavy (non-hydrogen) atoms. The minimum Gasteiger partial charge on any atom is -0.446 e. The van der Waals surface area contributed by atoms with E-state index in [4.69, 9.17) is 4.74 Å². The summed E-state index contributed by atoms with van der Waals surface area (Å²) >= 11 is 3.50. The van der Waals surface area contributed by atoms with E-state index in [0.717, 1.165) is 25.7 Å². The summed E-state index contributed by atoms with van der Waals surface area (Å²) in [5, 5.41) is 0. The quantitative estimate of drug-likeness (QED) is 0.781. The van der Waals surface area contributed by atoms with Crippen LogP contribution in [-0.4, -0.2) is 42.8 Å². The third-order valence-electron chi connectivity index (χ3n) is 3.05. The molecular formula is C11H21BrN2O4S. The van der Waals surface area contributed by atoms with E-state index < -0.39 is 16.3 Å². The predicted octanol–water partition coefficient (Wildman–Crippen LogP) is 2.00. The summed E-state index contributed by atoms with van der Waals surface area (Å²) in [6, 6.07) is -0.141. The average molecular weight is 357 g/mol. The van der Waals surface area contributed by atoms with Crippen LogP contribution in [0.25, 0.3) is 0 Å². The number of halogens is 1. The maximum absolute atomic E-state index is 12.1. The molecule has 1 aliphatic carbocycles. The van der Waals surface area contributed by atoms with Crippen molar-refractivity contribution in [2.75, 3.05) is 7.05 Å². The molecule has 1 N–H and O–H groups in total. The van der Waals surface area contributed by atoms with Crippen molar-refractivity contribution >= 4 is 32.2 Å². The first-order chi connectivity index (χ1) is 8.74. The van der Waals surface area contributed by atoms with Gasteiger partial charge in [0.05, 0.1) is 6.10 Å². The molecule has 0 aliphatic heterocycles. The smallest absolute Gasteiger partial charge is 0.422 e. The lowest BCUT2D eigenvalue weighted by atomic mass is 9.96. The lowest BCUT2D eigenvalue weighted by molar-refractivity contribution is 0.120. The van der Waals surface area contributed by atoms with Crippen molar-refractivity contribution in [2.45, 2.75) is 56.5 Å². The number of hydrogen-bond donors (Lipinski definition) is 1. The lowest BCUT2D eigenvalue weighted by Gasteiger charge is -2.34. The van der Waals surface area contributed by atoms with E-state index in [-0.39, 0.29) is 17.0 Å².